The average Bonchev–Trinajstić information content (AvgIpc) is 1.59. The SMILES string of the molecule is c1ccc(-c2nc(-c3ccc4ccccc4c3)nc(-c3ccc(-c4ccc(-c5cc(-c6cccc7cc(-c8nc(-c9ccccc9)nc(-c9ccc(-c%10ccc(-c%11ccc%12ccccc%12c%11)cc%10)c%10oc%11ccccc%11c9%10)n8)ccc67)cc6ccccc56)cc4)c4oc5ccccc5c34)n2)cc1. The molecule has 0 aliphatic carbocycles. The summed E-state index contributed by atoms with van der Waals surface area (Å²) in [7, 11) is 0. The number of aromatic nitrogens is 6. The summed E-state index contributed by atoms with van der Waals surface area (Å²) in [6.07, 6.45) is 0. The van der Waals surface area contributed by atoms with E-state index < -0.39 is 0 Å². The van der Waals surface area contributed by atoms with Gasteiger partial charge in [0.2, 0.25) is 0 Å². The second-order valence-electron chi connectivity index (χ2n) is 26.0. The summed E-state index contributed by atoms with van der Waals surface area (Å²) in [5, 5.41) is 13.1. The zero-order valence-corrected chi connectivity index (χ0v) is 54.8. The number of benzene rings is 16. The summed E-state index contributed by atoms with van der Waals surface area (Å²) in [6.45, 7) is 0. The van der Waals surface area contributed by atoms with Gasteiger partial charge in [0.15, 0.2) is 34.9 Å². The van der Waals surface area contributed by atoms with Crippen molar-refractivity contribution in [2.45, 2.75) is 0 Å². The van der Waals surface area contributed by atoms with Crippen molar-refractivity contribution in [1.29, 1.82) is 0 Å². The van der Waals surface area contributed by atoms with Crippen LogP contribution in [0.1, 0.15) is 0 Å². The van der Waals surface area contributed by atoms with Crippen molar-refractivity contribution in [3.8, 4) is 124 Å². The highest BCUT2D eigenvalue weighted by Gasteiger charge is 2.24. The van der Waals surface area contributed by atoms with E-state index in [1.165, 1.54) is 16.3 Å². The smallest absolute Gasteiger partial charge is 0.164 e. The van der Waals surface area contributed by atoms with E-state index in [0.29, 0.717) is 34.9 Å². The minimum absolute atomic E-state index is 0.556. The average molecular weight is 1300 g/mol. The zero-order chi connectivity index (χ0) is 67.2. The Bertz CT molecular complexity index is 6740. The van der Waals surface area contributed by atoms with Crippen LogP contribution in [0.3, 0.4) is 0 Å². The second kappa shape index (κ2) is 24.0. The molecule has 0 aliphatic rings. The van der Waals surface area contributed by atoms with E-state index in [1.54, 1.807) is 0 Å². The fraction of sp³-hybridized carbons (Fsp3) is 0. The Morgan fingerprint density at radius 1 is 0.167 bits per heavy atom. The Morgan fingerprint density at radius 2 is 0.520 bits per heavy atom. The molecule has 20 rings (SSSR count). The van der Waals surface area contributed by atoms with Crippen LogP contribution in [0.15, 0.2) is 349 Å². The van der Waals surface area contributed by atoms with Crippen LogP contribution in [0.2, 0.25) is 0 Å². The lowest BCUT2D eigenvalue weighted by Gasteiger charge is -2.15. The molecular weight excluding hydrogens is 1250 g/mol. The molecule has 0 amide bonds. The highest BCUT2D eigenvalue weighted by Crippen LogP contribution is 2.46. The Labute approximate surface area is 585 Å². The van der Waals surface area contributed by atoms with E-state index in [-0.39, 0.29) is 0 Å². The number of hydrogen-bond donors (Lipinski definition) is 0. The Balaban J connectivity index is 0.657. The summed E-state index contributed by atoms with van der Waals surface area (Å²) in [5.74, 6) is 3.47. The van der Waals surface area contributed by atoms with Gasteiger partial charge in [-0.3, -0.25) is 0 Å². The third-order valence-electron chi connectivity index (χ3n) is 20.0. The van der Waals surface area contributed by atoms with Gasteiger partial charge in [0, 0.05) is 66.1 Å². The third-order valence-corrected chi connectivity index (χ3v) is 20.0. The topological polar surface area (TPSA) is 104 Å². The minimum Gasteiger partial charge on any atom is -0.455 e. The normalized spacial score (nSPS) is 11.7. The van der Waals surface area contributed by atoms with E-state index in [2.05, 4.69) is 267 Å². The highest BCUT2D eigenvalue weighted by molar-refractivity contribution is 6.17. The molecule has 0 spiro atoms. The summed E-state index contributed by atoms with van der Waals surface area (Å²) < 4.78 is 13.8. The van der Waals surface area contributed by atoms with E-state index in [4.69, 9.17) is 38.7 Å². The maximum atomic E-state index is 6.91. The molecule has 0 fully saturated rings. The highest BCUT2D eigenvalue weighted by atomic mass is 16.3. The molecule has 16 aromatic carbocycles. The summed E-state index contributed by atoms with van der Waals surface area (Å²) in [6, 6.07) is 119. The van der Waals surface area contributed by atoms with Gasteiger partial charge in [-0.2, -0.15) is 0 Å². The molecule has 0 saturated heterocycles. The molecule has 20 aromatic rings. The van der Waals surface area contributed by atoms with Crippen LogP contribution in [-0.4, -0.2) is 29.9 Å². The minimum atomic E-state index is 0.556. The number of hydrogen-bond acceptors (Lipinski definition) is 8. The lowest BCUT2D eigenvalue weighted by molar-refractivity contribution is 0.669. The summed E-state index contributed by atoms with van der Waals surface area (Å²) >= 11 is 0. The van der Waals surface area contributed by atoms with Gasteiger partial charge in [-0.25, -0.2) is 29.9 Å². The Kier molecular flexibility index (Phi) is 13.7. The van der Waals surface area contributed by atoms with Crippen molar-refractivity contribution in [1.82, 2.24) is 29.9 Å². The van der Waals surface area contributed by atoms with Crippen molar-refractivity contribution in [2.24, 2.45) is 0 Å². The lowest BCUT2D eigenvalue weighted by atomic mass is 9.90. The standard InChI is InChI=1S/C94H56N6O2/c1-3-20-63(21-4-1)89-95-91(70-45-37-58-19-8-10-25-66(58)53-70)99-93(97-89)80-51-49-77(88-86(80)79-30-14-16-33-84(79)102-88)61-40-42-62(43-41-61)82-56-72(55-68-26-11-12-28-73(68)82)74-31-17-27-69-54-71(46-47-75(69)74)92-96-90(64-22-5-2-6-23-64)98-94(100-92)81-50-48-76(87-85(81)78-29-13-15-32-83(78)101-87)60-38-34-59(35-39-60)67-44-36-57-18-7-9-24-65(57)52-67/h1-56H. The molecule has 0 atom stereocenters. The van der Waals surface area contributed by atoms with E-state index in [0.717, 1.165) is 160 Å². The summed E-state index contributed by atoms with van der Waals surface area (Å²) in [4.78, 5) is 31.5. The van der Waals surface area contributed by atoms with Gasteiger partial charge < -0.3 is 8.83 Å². The first-order chi connectivity index (χ1) is 50.5. The molecule has 474 valence electrons. The Hall–Kier alpha value is -13.8. The largest absolute Gasteiger partial charge is 0.455 e. The molecule has 0 aliphatic heterocycles. The number of furan rings is 2. The van der Waals surface area contributed by atoms with Crippen LogP contribution in [0, 0.1) is 0 Å². The monoisotopic (exact) mass is 1300 g/mol. The molecule has 8 nitrogen and oxygen atoms in total. The van der Waals surface area contributed by atoms with Gasteiger partial charge in [0.05, 0.1) is 0 Å². The molecule has 4 heterocycles. The molecule has 0 bridgehead atoms. The van der Waals surface area contributed by atoms with Gasteiger partial charge in [0.1, 0.15) is 22.3 Å². The maximum Gasteiger partial charge on any atom is 0.164 e. The molecule has 0 unspecified atom stereocenters. The lowest BCUT2D eigenvalue weighted by Crippen LogP contribution is -2.00. The zero-order valence-electron chi connectivity index (χ0n) is 54.8. The number of fused-ring (bicyclic) bond motifs is 10. The number of rotatable bonds is 11. The predicted octanol–water partition coefficient (Wildman–Crippen LogP) is 24.8. The van der Waals surface area contributed by atoms with Crippen LogP contribution in [0.5, 0.6) is 0 Å². The molecule has 102 heavy (non-hydrogen) atoms. The molecule has 0 radical (unpaired) electrons. The quantitative estimate of drug-likeness (QED) is 0.126. The summed E-state index contributed by atoms with van der Waals surface area (Å²) in [5.41, 5.74) is 19.2. The van der Waals surface area contributed by atoms with Crippen molar-refractivity contribution in [3.05, 3.63) is 340 Å². The van der Waals surface area contributed by atoms with Gasteiger partial charge >= 0.3 is 0 Å². The van der Waals surface area contributed by atoms with Gasteiger partial charge in [-0.15, -0.1) is 0 Å². The van der Waals surface area contributed by atoms with Crippen LogP contribution in [0.4, 0.5) is 0 Å². The van der Waals surface area contributed by atoms with Crippen molar-refractivity contribution >= 4 is 87.0 Å². The fourth-order valence-corrected chi connectivity index (χ4v) is 14.9. The van der Waals surface area contributed by atoms with Crippen molar-refractivity contribution < 1.29 is 8.83 Å². The molecule has 0 saturated carbocycles. The van der Waals surface area contributed by atoms with Gasteiger partial charge in [-0.1, -0.05) is 273 Å². The van der Waals surface area contributed by atoms with Crippen LogP contribution in [0.25, 0.3) is 211 Å². The van der Waals surface area contributed by atoms with Crippen molar-refractivity contribution in [2.75, 3.05) is 0 Å². The fourth-order valence-electron chi connectivity index (χ4n) is 14.9. The maximum absolute atomic E-state index is 6.91. The van der Waals surface area contributed by atoms with Crippen LogP contribution in [-0.2, 0) is 0 Å². The second-order valence-corrected chi connectivity index (χ2v) is 26.0. The van der Waals surface area contributed by atoms with Crippen LogP contribution < -0.4 is 0 Å². The molecular formula is C94H56N6O2. The number of nitrogens with zero attached hydrogens (tertiary/aromatic N) is 6. The van der Waals surface area contributed by atoms with Gasteiger partial charge in [0.25, 0.3) is 0 Å². The van der Waals surface area contributed by atoms with E-state index in [9.17, 15) is 0 Å². The molecule has 8 heteroatoms. The first-order valence-electron chi connectivity index (χ1n) is 34.3. The van der Waals surface area contributed by atoms with E-state index in [1.807, 2.05) is 72.8 Å². The molecule has 0 N–H and O–H groups in total. The Morgan fingerprint density at radius 3 is 1.06 bits per heavy atom. The third kappa shape index (κ3) is 10.2. The first kappa shape index (κ1) is 58.3. The van der Waals surface area contributed by atoms with Crippen LogP contribution >= 0.6 is 0 Å². The van der Waals surface area contributed by atoms with Crippen molar-refractivity contribution in [3.63, 3.8) is 0 Å². The first-order valence-corrected chi connectivity index (χ1v) is 34.3. The van der Waals surface area contributed by atoms with E-state index >= 15 is 0 Å². The van der Waals surface area contributed by atoms with Gasteiger partial charge in [-0.05, 0) is 154 Å². The molecule has 4 aromatic heterocycles. The predicted molar refractivity (Wildman–Crippen MR) is 418 cm³/mol. The number of para-hydroxylation sites is 2.